The van der Waals surface area contributed by atoms with Crippen molar-refractivity contribution in [1.29, 1.82) is 0 Å². The molecular formula is C22H30ClN7. The first-order valence-electron chi connectivity index (χ1n) is 10.6. The summed E-state index contributed by atoms with van der Waals surface area (Å²) in [7, 11) is 1.83. The number of aliphatic imine (C=N–C) groups is 1. The van der Waals surface area contributed by atoms with E-state index < -0.39 is 0 Å². The van der Waals surface area contributed by atoms with Crippen LogP contribution in [0.15, 0.2) is 47.7 Å². The number of piperazine rings is 1. The van der Waals surface area contributed by atoms with Crippen LogP contribution in [0, 0.1) is 0 Å². The van der Waals surface area contributed by atoms with Crippen molar-refractivity contribution in [1.82, 2.24) is 25.5 Å². The van der Waals surface area contributed by atoms with E-state index in [9.17, 15) is 0 Å². The van der Waals surface area contributed by atoms with Crippen LogP contribution in [-0.2, 0) is 5.41 Å². The molecule has 1 aliphatic heterocycles. The molecule has 1 aromatic carbocycles. The van der Waals surface area contributed by atoms with E-state index >= 15 is 0 Å². The van der Waals surface area contributed by atoms with E-state index in [2.05, 4.69) is 47.5 Å². The summed E-state index contributed by atoms with van der Waals surface area (Å²) in [6.45, 7) is 6.68. The Hall–Kier alpha value is -2.38. The quantitative estimate of drug-likeness (QED) is 0.521. The van der Waals surface area contributed by atoms with Crippen LogP contribution in [0.2, 0.25) is 5.02 Å². The highest BCUT2D eigenvalue weighted by Crippen LogP contribution is 2.48. The van der Waals surface area contributed by atoms with E-state index in [1.165, 1.54) is 18.4 Å². The number of guanidine groups is 1. The SMILES string of the molecule is CN=C(NCCN1CCN(c2ncccn2)CC1)NCC1(c2cccc(Cl)c2)CC1. The number of rotatable bonds is 7. The number of anilines is 1. The van der Waals surface area contributed by atoms with Crippen LogP contribution in [0.5, 0.6) is 0 Å². The fourth-order valence-electron chi connectivity index (χ4n) is 3.97. The lowest BCUT2D eigenvalue weighted by molar-refractivity contribution is 0.260. The average Bonchev–Trinajstić information content (AvgIpc) is 3.58. The molecule has 2 fully saturated rings. The van der Waals surface area contributed by atoms with E-state index in [4.69, 9.17) is 11.6 Å². The summed E-state index contributed by atoms with van der Waals surface area (Å²) in [4.78, 5) is 17.8. The maximum absolute atomic E-state index is 6.18. The highest BCUT2D eigenvalue weighted by atomic mass is 35.5. The second-order valence-electron chi connectivity index (χ2n) is 8.02. The van der Waals surface area contributed by atoms with Gasteiger partial charge in [0.15, 0.2) is 5.96 Å². The molecule has 2 aromatic rings. The molecule has 30 heavy (non-hydrogen) atoms. The molecule has 0 spiro atoms. The van der Waals surface area contributed by atoms with Gasteiger partial charge in [0.2, 0.25) is 5.95 Å². The van der Waals surface area contributed by atoms with Crippen molar-refractivity contribution in [3.63, 3.8) is 0 Å². The third kappa shape index (κ3) is 5.21. The van der Waals surface area contributed by atoms with Gasteiger partial charge in [0.25, 0.3) is 0 Å². The first kappa shape index (κ1) is 20.9. The van der Waals surface area contributed by atoms with Crippen LogP contribution in [0.3, 0.4) is 0 Å². The normalized spacial score (nSPS) is 18.9. The van der Waals surface area contributed by atoms with Gasteiger partial charge in [0.1, 0.15) is 0 Å². The van der Waals surface area contributed by atoms with Crippen LogP contribution in [0.4, 0.5) is 5.95 Å². The predicted molar refractivity (Wildman–Crippen MR) is 122 cm³/mol. The Labute approximate surface area is 183 Å². The predicted octanol–water partition coefficient (Wildman–Crippen LogP) is 2.15. The highest BCUT2D eigenvalue weighted by molar-refractivity contribution is 6.30. The Morgan fingerprint density at radius 3 is 2.53 bits per heavy atom. The molecule has 0 bridgehead atoms. The molecule has 7 nitrogen and oxygen atoms in total. The molecule has 1 aliphatic carbocycles. The molecule has 2 heterocycles. The second kappa shape index (κ2) is 9.62. The molecule has 1 saturated heterocycles. The van der Waals surface area contributed by atoms with Crippen LogP contribution in [-0.4, -0.2) is 73.7 Å². The van der Waals surface area contributed by atoms with E-state index in [-0.39, 0.29) is 5.41 Å². The number of hydrogen-bond donors (Lipinski definition) is 2. The van der Waals surface area contributed by atoms with Gasteiger partial charge < -0.3 is 15.5 Å². The van der Waals surface area contributed by atoms with Crippen molar-refractivity contribution >= 4 is 23.5 Å². The van der Waals surface area contributed by atoms with Crippen molar-refractivity contribution in [2.24, 2.45) is 4.99 Å². The first-order chi connectivity index (χ1) is 14.7. The summed E-state index contributed by atoms with van der Waals surface area (Å²) < 4.78 is 0. The van der Waals surface area contributed by atoms with Gasteiger partial charge in [-0.05, 0) is 36.6 Å². The Kier molecular flexibility index (Phi) is 6.69. The Morgan fingerprint density at radius 1 is 1.10 bits per heavy atom. The molecule has 0 amide bonds. The lowest BCUT2D eigenvalue weighted by Gasteiger charge is -2.34. The second-order valence-corrected chi connectivity index (χ2v) is 8.46. The molecule has 0 atom stereocenters. The van der Waals surface area contributed by atoms with Crippen LogP contribution in [0.1, 0.15) is 18.4 Å². The van der Waals surface area contributed by atoms with Crippen LogP contribution < -0.4 is 15.5 Å². The minimum Gasteiger partial charge on any atom is -0.356 e. The molecule has 2 aliphatic rings. The van der Waals surface area contributed by atoms with Crippen molar-refractivity contribution in [2.75, 3.05) is 57.8 Å². The standard InChI is InChI=1S/C22H30ClN7/c1-24-20(28-17-22(6-7-22)18-4-2-5-19(23)16-18)25-10-11-29-12-14-30(15-13-29)21-26-8-3-9-27-21/h2-5,8-9,16H,6-7,10-15,17H2,1H3,(H2,24,25,28). The third-order valence-corrected chi connectivity index (χ3v) is 6.27. The van der Waals surface area contributed by atoms with Gasteiger partial charge >= 0.3 is 0 Å². The number of hydrogen-bond acceptors (Lipinski definition) is 5. The van der Waals surface area contributed by atoms with E-state index in [1.54, 1.807) is 12.4 Å². The molecule has 160 valence electrons. The average molecular weight is 428 g/mol. The van der Waals surface area contributed by atoms with Crippen molar-refractivity contribution in [3.05, 3.63) is 53.3 Å². The minimum absolute atomic E-state index is 0.193. The lowest BCUT2D eigenvalue weighted by atomic mass is 9.96. The molecule has 1 saturated carbocycles. The number of aromatic nitrogens is 2. The van der Waals surface area contributed by atoms with Gasteiger partial charge in [-0.3, -0.25) is 9.89 Å². The van der Waals surface area contributed by atoms with Gasteiger partial charge in [0.05, 0.1) is 0 Å². The van der Waals surface area contributed by atoms with Crippen molar-refractivity contribution in [2.45, 2.75) is 18.3 Å². The lowest BCUT2D eigenvalue weighted by Crippen LogP contribution is -2.50. The summed E-state index contributed by atoms with van der Waals surface area (Å²) in [5, 5.41) is 7.77. The van der Waals surface area contributed by atoms with Crippen LogP contribution in [0.25, 0.3) is 0 Å². The van der Waals surface area contributed by atoms with Crippen molar-refractivity contribution < 1.29 is 0 Å². The minimum atomic E-state index is 0.193. The van der Waals surface area contributed by atoms with Crippen LogP contribution >= 0.6 is 11.6 Å². The highest BCUT2D eigenvalue weighted by Gasteiger charge is 2.44. The van der Waals surface area contributed by atoms with Gasteiger partial charge in [-0.2, -0.15) is 0 Å². The summed E-state index contributed by atoms with van der Waals surface area (Å²) in [5.74, 6) is 1.69. The van der Waals surface area contributed by atoms with E-state index in [0.29, 0.717) is 0 Å². The maximum Gasteiger partial charge on any atom is 0.225 e. The Bertz CT molecular complexity index is 846. The molecular weight excluding hydrogens is 398 g/mol. The number of halogens is 1. The number of nitrogens with one attached hydrogen (secondary N) is 2. The molecule has 0 unspecified atom stereocenters. The smallest absolute Gasteiger partial charge is 0.225 e. The zero-order valence-electron chi connectivity index (χ0n) is 17.5. The third-order valence-electron chi connectivity index (χ3n) is 6.04. The Balaban J connectivity index is 1.18. The largest absolute Gasteiger partial charge is 0.356 e. The van der Waals surface area contributed by atoms with E-state index in [1.807, 2.05) is 25.2 Å². The fraction of sp³-hybridized carbons (Fsp3) is 0.500. The summed E-state index contributed by atoms with van der Waals surface area (Å²) in [6, 6.07) is 10.1. The summed E-state index contributed by atoms with van der Waals surface area (Å²) >= 11 is 6.18. The number of nitrogens with zero attached hydrogens (tertiary/aromatic N) is 5. The van der Waals surface area contributed by atoms with Crippen molar-refractivity contribution in [3.8, 4) is 0 Å². The monoisotopic (exact) mass is 427 g/mol. The topological polar surface area (TPSA) is 68.7 Å². The maximum atomic E-state index is 6.18. The fourth-order valence-corrected chi connectivity index (χ4v) is 4.16. The molecule has 1 aromatic heterocycles. The Morgan fingerprint density at radius 2 is 1.87 bits per heavy atom. The van der Waals surface area contributed by atoms with Gasteiger partial charge in [-0.15, -0.1) is 0 Å². The molecule has 8 heteroatoms. The zero-order chi connectivity index (χ0) is 20.8. The van der Waals surface area contributed by atoms with Gasteiger partial charge in [0, 0.05) is 75.7 Å². The molecule has 2 N–H and O–H groups in total. The molecule has 0 radical (unpaired) electrons. The first-order valence-corrected chi connectivity index (χ1v) is 11.0. The zero-order valence-corrected chi connectivity index (χ0v) is 18.3. The summed E-state index contributed by atoms with van der Waals surface area (Å²) in [5.41, 5.74) is 1.51. The molecule has 4 rings (SSSR count). The van der Waals surface area contributed by atoms with Gasteiger partial charge in [-0.1, -0.05) is 23.7 Å². The number of benzene rings is 1. The van der Waals surface area contributed by atoms with E-state index in [0.717, 1.165) is 62.7 Å². The summed E-state index contributed by atoms with van der Waals surface area (Å²) in [6.07, 6.45) is 5.98. The van der Waals surface area contributed by atoms with Gasteiger partial charge in [-0.25, -0.2) is 9.97 Å².